The fraction of sp³-hybridized carbons (Fsp3) is 0.571. The van der Waals surface area contributed by atoms with Crippen molar-refractivity contribution in [2.45, 2.75) is 25.3 Å². The molecule has 5 heteroatoms. The standard InChI is InChI=1S/C14H22N2O2S/c1-15-12-14(16-10-5-11-19(16,17)18)9-8-13-6-3-2-4-7-13/h2-4,6-7,14-15H,5,8-12H2,1H3. The molecule has 1 fully saturated rings. The lowest BCUT2D eigenvalue weighted by atomic mass is 10.1. The van der Waals surface area contributed by atoms with Crippen molar-refractivity contribution in [1.29, 1.82) is 0 Å². The van der Waals surface area contributed by atoms with Crippen molar-refractivity contribution in [1.82, 2.24) is 9.62 Å². The molecule has 2 rings (SSSR count). The predicted octanol–water partition coefficient (Wildman–Crippen LogP) is 1.24. The molecule has 1 unspecified atom stereocenters. The molecule has 0 aliphatic carbocycles. The van der Waals surface area contributed by atoms with Crippen molar-refractivity contribution in [2.75, 3.05) is 25.9 Å². The first kappa shape index (κ1) is 14.5. The Morgan fingerprint density at radius 2 is 2.05 bits per heavy atom. The van der Waals surface area contributed by atoms with Gasteiger partial charge in [-0.1, -0.05) is 30.3 Å². The molecule has 0 spiro atoms. The first-order chi connectivity index (χ1) is 9.13. The normalized spacial score (nSPS) is 20.5. The molecular weight excluding hydrogens is 260 g/mol. The maximum atomic E-state index is 12.0. The van der Waals surface area contributed by atoms with Gasteiger partial charge in [0, 0.05) is 19.1 Å². The summed E-state index contributed by atoms with van der Waals surface area (Å²) in [6.45, 7) is 1.38. The zero-order valence-electron chi connectivity index (χ0n) is 11.4. The third-order valence-electron chi connectivity index (χ3n) is 3.59. The van der Waals surface area contributed by atoms with Gasteiger partial charge in [-0.3, -0.25) is 0 Å². The van der Waals surface area contributed by atoms with Gasteiger partial charge in [0.1, 0.15) is 0 Å². The van der Waals surface area contributed by atoms with Crippen LogP contribution >= 0.6 is 0 Å². The second kappa shape index (κ2) is 6.50. The lowest BCUT2D eigenvalue weighted by Gasteiger charge is -2.26. The highest BCUT2D eigenvalue weighted by Gasteiger charge is 2.33. The van der Waals surface area contributed by atoms with E-state index in [-0.39, 0.29) is 6.04 Å². The van der Waals surface area contributed by atoms with Crippen LogP contribution in [0, 0.1) is 0 Å². The van der Waals surface area contributed by atoms with Gasteiger partial charge < -0.3 is 5.32 Å². The average molecular weight is 282 g/mol. The van der Waals surface area contributed by atoms with E-state index in [1.807, 2.05) is 25.2 Å². The van der Waals surface area contributed by atoms with Gasteiger partial charge in [-0.05, 0) is 31.9 Å². The number of sulfonamides is 1. The molecule has 0 aromatic heterocycles. The molecule has 1 aromatic carbocycles. The molecule has 0 saturated carbocycles. The van der Waals surface area contributed by atoms with Crippen LogP contribution in [0.25, 0.3) is 0 Å². The van der Waals surface area contributed by atoms with E-state index >= 15 is 0 Å². The first-order valence-corrected chi connectivity index (χ1v) is 8.42. The van der Waals surface area contributed by atoms with Crippen molar-refractivity contribution < 1.29 is 8.42 Å². The molecule has 1 N–H and O–H groups in total. The minimum absolute atomic E-state index is 0.0673. The van der Waals surface area contributed by atoms with Crippen LogP contribution in [0.2, 0.25) is 0 Å². The summed E-state index contributed by atoms with van der Waals surface area (Å²) in [6, 6.07) is 10.3. The number of aryl methyl sites for hydroxylation is 1. The van der Waals surface area contributed by atoms with E-state index in [0.29, 0.717) is 18.8 Å². The van der Waals surface area contributed by atoms with Gasteiger partial charge in [-0.2, -0.15) is 4.31 Å². The third kappa shape index (κ3) is 3.78. The van der Waals surface area contributed by atoms with Crippen LogP contribution in [-0.4, -0.2) is 44.7 Å². The molecule has 0 radical (unpaired) electrons. The van der Waals surface area contributed by atoms with Gasteiger partial charge in [-0.15, -0.1) is 0 Å². The van der Waals surface area contributed by atoms with Gasteiger partial charge in [0.15, 0.2) is 0 Å². The SMILES string of the molecule is CNCC(CCc1ccccc1)N1CCCS1(=O)=O. The first-order valence-electron chi connectivity index (χ1n) is 6.81. The molecule has 1 atom stereocenters. The summed E-state index contributed by atoms with van der Waals surface area (Å²) in [7, 11) is -1.15. The zero-order valence-corrected chi connectivity index (χ0v) is 12.2. The minimum atomic E-state index is -3.02. The Kier molecular flexibility index (Phi) is 4.96. The van der Waals surface area contributed by atoms with Crippen LogP contribution < -0.4 is 5.32 Å². The fourth-order valence-electron chi connectivity index (χ4n) is 2.63. The average Bonchev–Trinajstić information content (AvgIpc) is 2.75. The van der Waals surface area contributed by atoms with Crippen LogP contribution in [0.3, 0.4) is 0 Å². The van der Waals surface area contributed by atoms with Gasteiger partial charge in [0.2, 0.25) is 10.0 Å². The fourth-order valence-corrected chi connectivity index (χ4v) is 4.40. The topological polar surface area (TPSA) is 49.4 Å². The van der Waals surface area contributed by atoms with Gasteiger partial charge >= 0.3 is 0 Å². The molecule has 106 valence electrons. The monoisotopic (exact) mass is 282 g/mol. The van der Waals surface area contributed by atoms with Crippen molar-refractivity contribution >= 4 is 10.0 Å². The molecule has 4 nitrogen and oxygen atoms in total. The maximum absolute atomic E-state index is 12.0. The summed E-state index contributed by atoms with van der Waals surface area (Å²) in [5.41, 5.74) is 1.26. The summed E-state index contributed by atoms with van der Waals surface area (Å²) in [6.07, 6.45) is 2.54. The number of nitrogens with one attached hydrogen (secondary N) is 1. The van der Waals surface area contributed by atoms with E-state index in [4.69, 9.17) is 0 Å². The van der Waals surface area contributed by atoms with Gasteiger partial charge in [-0.25, -0.2) is 8.42 Å². The lowest BCUT2D eigenvalue weighted by Crippen LogP contribution is -2.42. The third-order valence-corrected chi connectivity index (χ3v) is 5.59. The summed E-state index contributed by atoms with van der Waals surface area (Å²) in [5, 5.41) is 3.11. The molecule has 19 heavy (non-hydrogen) atoms. The molecule has 1 aromatic rings. The Hall–Kier alpha value is -0.910. The molecule has 1 aliphatic rings. The van der Waals surface area contributed by atoms with E-state index in [9.17, 15) is 8.42 Å². The van der Waals surface area contributed by atoms with E-state index in [1.165, 1.54) is 5.56 Å². The zero-order chi connectivity index (χ0) is 13.7. The van der Waals surface area contributed by atoms with E-state index in [1.54, 1.807) is 4.31 Å². The maximum Gasteiger partial charge on any atom is 0.214 e. The van der Waals surface area contributed by atoms with Crippen molar-refractivity contribution in [3.63, 3.8) is 0 Å². The minimum Gasteiger partial charge on any atom is -0.318 e. The van der Waals surface area contributed by atoms with Crippen LogP contribution in [-0.2, 0) is 16.4 Å². The number of hydrogen-bond donors (Lipinski definition) is 1. The van der Waals surface area contributed by atoms with Crippen molar-refractivity contribution in [3.05, 3.63) is 35.9 Å². The van der Waals surface area contributed by atoms with E-state index in [0.717, 1.165) is 19.3 Å². The number of nitrogens with zero attached hydrogens (tertiary/aromatic N) is 1. The molecule has 0 bridgehead atoms. The Balaban J connectivity index is 2.00. The van der Waals surface area contributed by atoms with Crippen molar-refractivity contribution in [2.24, 2.45) is 0 Å². The lowest BCUT2D eigenvalue weighted by molar-refractivity contribution is 0.317. The molecule has 1 aliphatic heterocycles. The predicted molar refractivity (Wildman–Crippen MR) is 77.6 cm³/mol. The van der Waals surface area contributed by atoms with Crippen LogP contribution in [0.15, 0.2) is 30.3 Å². The Labute approximate surface area is 115 Å². The van der Waals surface area contributed by atoms with E-state index < -0.39 is 10.0 Å². The summed E-state index contributed by atoms with van der Waals surface area (Å²) < 4.78 is 25.7. The van der Waals surface area contributed by atoms with Crippen molar-refractivity contribution in [3.8, 4) is 0 Å². The summed E-state index contributed by atoms with van der Waals surface area (Å²) >= 11 is 0. The molecule has 1 heterocycles. The Morgan fingerprint density at radius 1 is 1.32 bits per heavy atom. The molecule has 1 saturated heterocycles. The second-order valence-corrected chi connectivity index (χ2v) is 7.06. The smallest absolute Gasteiger partial charge is 0.214 e. The Morgan fingerprint density at radius 3 is 2.63 bits per heavy atom. The van der Waals surface area contributed by atoms with Gasteiger partial charge in [0.25, 0.3) is 0 Å². The quantitative estimate of drug-likeness (QED) is 0.854. The number of hydrogen-bond acceptors (Lipinski definition) is 3. The number of benzene rings is 1. The van der Waals surface area contributed by atoms with Crippen LogP contribution in [0.4, 0.5) is 0 Å². The number of likely N-dealkylation sites (N-methyl/N-ethyl adjacent to an activating group) is 1. The van der Waals surface area contributed by atoms with Crippen LogP contribution in [0.1, 0.15) is 18.4 Å². The molecule has 0 amide bonds. The second-order valence-electron chi connectivity index (χ2n) is 5.02. The molecular formula is C14H22N2O2S. The largest absolute Gasteiger partial charge is 0.318 e. The summed E-state index contributed by atoms with van der Waals surface area (Å²) in [5.74, 6) is 0.304. The van der Waals surface area contributed by atoms with E-state index in [2.05, 4.69) is 17.4 Å². The highest BCUT2D eigenvalue weighted by molar-refractivity contribution is 7.89. The highest BCUT2D eigenvalue weighted by Crippen LogP contribution is 2.20. The number of rotatable bonds is 6. The van der Waals surface area contributed by atoms with Gasteiger partial charge in [0.05, 0.1) is 5.75 Å². The summed E-state index contributed by atoms with van der Waals surface area (Å²) in [4.78, 5) is 0. The highest BCUT2D eigenvalue weighted by atomic mass is 32.2. The van der Waals surface area contributed by atoms with Crippen LogP contribution in [0.5, 0.6) is 0 Å². The Bertz CT molecular complexity index is 487.